The Morgan fingerprint density at radius 2 is 1.58 bits per heavy atom. The summed E-state index contributed by atoms with van der Waals surface area (Å²) in [5, 5.41) is 2.21. The third-order valence-electron chi connectivity index (χ3n) is 3.06. The van der Waals surface area contributed by atoms with E-state index in [9.17, 15) is 22.4 Å². The molecule has 2 aromatic rings. The van der Waals surface area contributed by atoms with Crippen LogP contribution >= 0.6 is 11.6 Å². The number of halogens is 5. The first kappa shape index (κ1) is 17.9. The number of carbonyl (C=O) groups excluding carboxylic acids is 1. The lowest BCUT2D eigenvalue weighted by Crippen LogP contribution is -2.18. The normalized spacial score (nSPS) is 10.5. The number of benzene rings is 2. The second kappa shape index (κ2) is 6.96. The van der Waals surface area contributed by atoms with Gasteiger partial charge in [0.2, 0.25) is 11.6 Å². The lowest BCUT2D eigenvalue weighted by molar-refractivity contribution is 0.101. The maximum absolute atomic E-state index is 13.9. The molecule has 0 aromatic heterocycles. The van der Waals surface area contributed by atoms with Crippen LogP contribution in [0.3, 0.4) is 0 Å². The van der Waals surface area contributed by atoms with E-state index in [1.165, 1.54) is 25.3 Å². The number of hydrogen-bond acceptors (Lipinski definition) is 3. The molecule has 4 nitrogen and oxygen atoms in total. The highest BCUT2D eigenvalue weighted by Crippen LogP contribution is 2.31. The molecule has 128 valence electrons. The van der Waals surface area contributed by atoms with Gasteiger partial charge >= 0.3 is 0 Å². The number of hydrogen-bond donors (Lipinski definition) is 1. The molecule has 0 saturated heterocycles. The predicted molar refractivity (Wildman–Crippen MR) is 78.8 cm³/mol. The molecule has 0 heterocycles. The molecule has 0 atom stereocenters. The van der Waals surface area contributed by atoms with Crippen LogP contribution in [0.5, 0.6) is 11.5 Å². The Labute approximate surface area is 138 Å². The number of carbonyl (C=O) groups is 1. The average Bonchev–Trinajstić information content (AvgIpc) is 2.54. The van der Waals surface area contributed by atoms with E-state index in [4.69, 9.17) is 16.3 Å². The van der Waals surface area contributed by atoms with Crippen molar-refractivity contribution in [1.29, 1.82) is 0 Å². The Hall–Kier alpha value is -2.48. The Morgan fingerprint density at radius 3 is 2.04 bits per heavy atom. The number of methoxy groups -OCH3 is 2. The minimum absolute atomic E-state index is 0.0428. The van der Waals surface area contributed by atoms with Crippen LogP contribution in [-0.4, -0.2) is 20.1 Å². The predicted octanol–water partition coefficient (Wildman–Crippen LogP) is 4.17. The maximum atomic E-state index is 13.9. The SMILES string of the molecule is COc1ccc(NC(=O)c2c(F)c(F)c(OC)c(F)c2F)cc1Cl. The largest absolute Gasteiger partial charge is 0.495 e. The first-order valence-corrected chi connectivity index (χ1v) is 6.74. The summed E-state index contributed by atoms with van der Waals surface area (Å²) >= 11 is 5.85. The van der Waals surface area contributed by atoms with E-state index in [1.807, 2.05) is 0 Å². The van der Waals surface area contributed by atoms with Gasteiger partial charge in [0.1, 0.15) is 11.3 Å². The van der Waals surface area contributed by atoms with Crippen molar-refractivity contribution in [1.82, 2.24) is 0 Å². The van der Waals surface area contributed by atoms with Crippen LogP contribution in [0, 0.1) is 23.3 Å². The Morgan fingerprint density at radius 1 is 1.00 bits per heavy atom. The van der Waals surface area contributed by atoms with Crippen molar-refractivity contribution in [3.05, 3.63) is 52.1 Å². The molecule has 0 aliphatic carbocycles. The van der Waals surface area contributed by atoms with Gasteiger partial charge < -0.3 is 14.8 Å². The Balaban J connectivity index is 2.42. The van der Waals surface area contributed by atoms with Gasteiger partial charge in [0, 0.05) is 5.69 Å². The van der Waals surface area contributed by atoms with Crippen LogP contribution < -0.4 is 14.8 Å². The first-order valence-electron chi connectivity index (χ1n) is 6.36. The molecule has 0 spiro atoms. The second-order valence-electron chi connectivity index (χ2n) is 4.47. The van der Waals surface area contributed by atoms with E-state index in [1.54, 1.807) is 0 Å². The molecular formula is C15H10ClF4NO3. The van der Waals surface area contributed by atoms with Gasteiger partial charge in [-0.15, -0.1) is 0 Å². The minimum Gasteiger partial charge on any atom is -0.495 e. The lowest BCUT2D eigenvalue weighted by atomic mass is 10.1. The Bertz CT molecular complexity index is 785. The number of rotatable bonds is 4. The summed E-state index contributed by atoms with van der Waals surface area (Å²) in [6, 6.07) is 3.96. The molecule has 0 aliphatic rings. The van der Waals surface area contributed by atoms with Crippen LogP contribution in [0.25, 0.3) is 0 Å². The average molecular weight is 364 g/mol. The highest BCUT2D eigenvalue weighted by Gasteiger charge is 2.30. The van der Waals surface area contributed by atoms with Crippen LogP contribution in [0.1, 0.15) is 10.4 Å². The van der Waals surface area contributed by atoms with Crippen LogP contribution in [0.15, 0.2) is 18.2 Å². The smallest absolute Gasteiger partial charge is 0.261 e. The highest BCUT2D eigenvalue weighted by molar-refractivity contribution is 6.32. The van der Waals surface area contributed by atoms with Crippen molar-refractivity contribution in [2.45, 2.75) is 0 Å². The lowest BCUT2D eigenvalue weighted by Gasteiger charge is -2.12. The van der Waals surface area contributed by atoms with Crippen molar-refractivity contribution in [3.8, 4) is 11.5 Å². The maximum Gasteiger partial charge on any atom is 0.261 e. The molecule has 24 heavy (non-hydrogen) atoms. The summed E-state index contributed by atoms with van der Waals surface area (Å²) in [6.45, 7) is 0. The molecule has 0 radical (unpaired) electrons. The van der Waals surface area contributed by atoms with Crippen LogP contribution in [0.4, 0.5) is 23.2 Å². The molecule has 2 rings (SSSR count). The van der Waals surface area contributed by atoms with Gasteiger partial charge in [-0.3, -0.25) is 4.79 Å². The first-order chi connectivity index (χ1) is 11.3. The molecule has 0 aliphatic heterocycles. The molecule has 0 fully saturated rings. The van der Waals surface area contributed by atoms with Gasteiger partial charge in [0.25, 0.3) is 5.91 Å². The zero-order chi connectivity index (χ0) is 18.0. The molecule has 0 bridgehead atoms. The summed E-state index contributed by atoms with van der Waals surface area (Å²) < 4.78 is 64.2. The second-order valence-corrected chi connectivity index (χ2v) is 4.87. The van der Waals surface area contributed by atoms with Gasteiger partial charge in [-0.25, -0.2) is 8.78 Å². The van der Waals surface area contributed by atoms with E-state index in [0.29, 0.717) is 5.75 Å². The van der Waals surface area contributed by atoms with E-state index in [-0.39, 0.29) is 10.7 Å². The fourth-order valence-corrected chi connectivity index (χ4v) is 2.19. The zero-order valence-electron chi connectivity index (χ0n) is 12.3. The monoisotopic (exact) mass is 363 g/mol. The molecular weight excluding hydrogens is 354 g/mol. The quantitative estimate of drug-likeness (QED) is 0.655. The van der Waals surface area contributed by atoms with Crippen molar-refractivity contribution < 1.29 is 31.8 Å². The summed E-state index contributed by atoms with van der Waals surface area (Å²) in [5.41, 5.74) is -1.38. The highest BCUT2D eigenvalue weighted by atomic mass is 35.5. The number of ether oxygens (including phenoxy) is 2. The fraction of sp³-hybridized carbons (Fsp3) is 0.133. The van der Waals surface area contributed by atoms with Crippen molar-refractivity contribution >= 4 is 23.2 Å². The molecule has 0 saturated carbocycles. The van der Waals surface area contributed by atoms with Gasteiger partial charge in [-0.1, -0.05) is 11.6 Å². The van der Waals surface area contributed by atoms with Crippen molar-refractivity contribution in [3.63, 3.8) is 0 Å². The zero-order valence-corrected chi connectivity index (χ0v) is 13.1. The van der Waals surface area contributed by atoms with Gasteiger partial charge in [0.15, 0.2) is 17.4 Å². The number of nitrogens with one attached hydrogen (secondary N) is 1. The summed E-state index contributed by atoms with van der Waals surface area (Å²) in [4.78, 5) is 12.0. The molecule has 9 heteroatoms. The van der Waals surface area contributed by atoms with E-state index in [0.717, 1.165) is 7.11 Å². The van der Waals surface area contributed by atoms with E-state index >= 15 is 0 Å². The van der Waals surface area contributed by atoms with Crippen LogP contribution in [0.2, 0.25) is 5.02 Å². The summed E-state index contributed by atoms with van der Waals surface area (Å²) in [7, 11) is 2.20. The number of anilines is 1. The van der Waals surface area contributed by atoms with E-state index < -0.39 is 40.5 Å². The van der Waals surface area contributed by atoms with Crippen LogP contribution in [-0.2, 0) is 0 Å². The third-order valence-corrected chi connectivity index (χ3v) is 3.36. The van der Waals surface area contributed by atoms with E-state index in [2.05, 4.69) is 10.1 Å². The summed E-state index contributed by atoms with van der Waals surface area (Å²) in [5.74, 6) is -9.72. The standard InChI is InChI=1S/C15H10ClF4NO3/c1-23-8-4-3-6(5-7(8)16)21-15(22)9-10(17)12(19)14(24-2)13(20)11(9)18/h3-5H,1-2H3,(H,21,22). The van der Waals surface area contributed by atoms with Gasteiger partial charge in [-0.2, -0.15) is 8.78 Å². The van der Waals surface area contributed by atoms with Crippen molar-refractivity contribution in [2.75, 3.05) is 19.5 Å². The summed E-state index contributed by atoms with van der Waals surface area (Å²) in [6.07, 6.45) is 0. The third kappa shape index (κ3) is 3.09. The van der Waals surface area contributed by atoms with Gasteiger partial charge in [-0.05, 0) is 18.2 Å². The Kier molecular flexibility index (Phi) is 5.18. The van der Waals surface area contributed by atoms with Crippen molar-refractivity contribution in [2.24, 2.45) is 0 Å². The minimum atomic E-state index is -1.87. The van der Waals surface area contributed by atoms with Gasteiger partial charge in [0.05, 0.1) is 19.2 Å². The topological polar surface area (TPSA) is 47.6 Å². The molecule has 0 unspecified atom stereocenters. The fourth-order valence-electron chi connectivity index (χ4n) is 1.93. The molecule has 2 aromatic carbocycles. The molecule has 1 amide bonds. The number of amides is 1. The molecule has 1 N–H and O–H groups in total.